The van der Waals surface area contributed by atoms with E-state index in [1.54, 1.807) is 17.7 Å². The minimum atomic E-state index is 0.160. The van der Waals surface area contributed by atoms with Gasteiger partial charge in [-0.05, 0) is 30.5 Å². The molecule has 0 amide bonds. The number of fused-ring (bicyclic) bond motifs is 1. The second-order valence-electron chi connectivity index (χ2n) is 5.85. The first-order valence-electron chi connectivity index (χ1n) is 8.11. The summed E-state index contributed by atoms with van der Waals surface area (Å²) in [5, 5.41) is 5.54. The summed E-state index contributed by atoms with van der Waals surface area (Å²) >= 11 is 1.66. The molecule has 0 saturated carbocycles. The number of nitrogens with one attached hydrogen (secondary N) is 1. The van der Waals surface area contributed by atoms with Gasteiger partial charge in [-0.3, -0.25) is 4.90 Å². The summed E-state index contributed by atoms with van der Waals surface area (Å²) in [6, 6.07) is 6.26. The summed E-state index contributed by atoms with van der Waals surface area (Å²) in [6.07, 6.45) is 1.61. The molecule has 1 atom stereocenters. The van der Waals surface area contributed by atoms with Gasteiger partial charge in [0.25, 0.3) is 0 Å². The van der Waals surface area contributed by atoms with Gasteiger partial charge in [0, 0.05) is 19.6 Å². The van der Waals surface area contributed by atoms with E-state index in [0.717, 1.165) is 60.4 Å². The highest BCUT2D eigenvalue weighted by atomic mass is 32.1. The fraction of sp³-hybridized carbons (Fsp3) is 0.412. The van der Waals surface area contributed by atoms with Crippen LogP contribution < -0.4 is 5.32 Å². The van der Waals surface area contributed by atoms with Crippen molar-refractivity contribution in [1.29, 1.82) is 0 Å². The number of furan rings is 1. The van der Waals surface area contributed by atoms with Gasteiger partial charge in [-0.25, -0.2) is 9.97 Å². The van der Waals surface area contributed by atoms with Gasteiger partial charge in [0.05, 0.1) is 29.5 Å². The van der Waals surface area contributed by atoms with Crippen molar-refractivity contribution in [2.45, 2.75) is 13.0 Å². The van der Waals surface area contributed by atoms with E-state index < -0.39 is 0 Å². The van der Waals surface area contributed by atoms with Crippen LogP contribution in [0.5, 0.6) is 0 Å². The maximum atomic E-state index is 5.91. The van der Waals surface area contributed by atoms with E-state index in [2.05, 4.69) is 26.3 Å². The zero-order chi connectivity index (χ0) is 16.4. The van der Waals surface area contributed by atoms with E-state index in [-0.39, 0.29) is 6.04 Å². The van der Waals surface area contributed by atoms with Crippen molar-refractivity contribution in [3.63, 3.8) is 0 Å². The fourth-order valence-corrected chi connectivity index (χ4v) is 3.85. The standard InChI is InChI=1S/C17H20N4O2S/c1-12-2-3-15(23-12)14(21-5-7-22-8-6-21)10-18-17-16-13(4-9-24-16)19-11-20-17/h2-4,9,11,14H,5-8,10H2,1H3,(H,18,19,20)/t14-/m1/s1. The number of morpholine rings is 1. The maximum Gasteiger partial charge on any atom is 0.147 e. The fourth-order valence-electron chi connectivity index (χ4n) is 3.04. The van der Waals surface area contributed by atoms with Crippen molar-refractivity contribution >= 4 is 27.4 Å². The Morgan fingerprint density at radius 3 is 2.92 bits per heavy atom. The van der Waals surface area contributed by atoms with E-state index in [4.69, 9.17) is 9.15 Å². The largest absolute Gasteiger partial charge is 0.465 e. The lowest BCUT2D eigenvalue weighted by Crippen LogP contribution is -2.41. The van der Waals surface area contributed by atoms with Crippen LogP contribution in [0, 0.1) is 6.92 Å². The van der Waals surface area contributed by atoms with Crippen LogP contribution in [0.2, 0.25) is 0 Å². The minimum Gasteiger partial charge on any atom is -0.465 e. The maximum absolute atomic E-state index is 5.91. The van der Waals surface area contributed by atoms with Crippen LogP contribution in [0.15, 0.2) is 34.3 Å². The number of hydrogen-bond acceptors (Lipinski definition) is 7. The highest BCUT2D eigenvalue weighted by Gasteiger charge is 2.25. The van der Waals surface area contributed by atoms with Gasteiger partial charge >= 0.3 is 0 Å². The number of ether oxygens (including phenoxy) is 1. The first kappa shape index (κ1) is 15.6. The van der Waals surface area contributed by atoms with Crippen LogP contribution in [-0.2, 0) is 4.74 Å². The van der Waals surface area contributed by atoms with E-state index in [0.29, 0.717) is 0 Å². The van der Waals surface area contributed by atoms with Gasteiger partial charge in [0.1, 0.15) is 23.7 Å². The van der Waals surface area contributed by atoms with Gasteiger partial charge in [0.2, 0.25) is 0 Å². The van der Waals surface area contributed by atoms with Crippen LogP contribution in [0.4, 0.5) is 5.82 Å². The molecule has 1 N–H and O–H groups in total. The SMILES string of the molecule is Cc1ccc([C@@H](CNc2ncnc3ccsc23)N2CCOCC2)o1. The monoisotopic (exact) mass is 344 g/mol. The molecular formula is C17H20N4O2S. The third-order valence-corrected chi connectivity index (χ3v) is 5.19. The molecule has 0 spiro atoms. The lowest BCUT2D eigenvalue weighted by atomic mass is 10.1. The van der Waals surface area contributed by atoms with Crippen molar-refractivity contribution in [3.8, 4) is 0 Å². The van der Waals surface area contributed by atoms with Crippen molar-refractivity contribution in [2.24, 2.45) is 0 Å². The summed E-state index contributed by atoms with van der Waals surface area (Å²) in [6.45, 7) is 6.05. The zero-order valence-corrected chi connectivity index (χ0v) is 14.4. The van der Waals surface area contributed by atoms with E-state index in [1.165, 1.54) is 0 Å². The Morgan fingerprint density at radius 1 is 1.25 bits per heavy atom. The van der Waals surface area contributed by atoms with Crippen molar-refractivity contribution in [1.82, 2.24) is 14.9 Å². The molecule has 7 heteroatoms. The highest BCUT2D eigenvalue weighted by Crippen LogP contribution is 2.28. The summed E-state index contributed by atoms with van der Waals surface area (Å²) in [5.41, 5.74) is 0.981. The Balaban J connectivity index is 1.56. The number of nitrogens with zero attached hydrogens (tertiary/aromatic N) is 3. The molecule has 3 aromatic heterocycles. The van der Waals surface area contributed by atoms with E-state index in [1.807, 2.05) is 24.4 Å². The topological polar surface area (TPSA) is 63.4 Å². The normalized spacial score (nSPS) is 17.2. The van der Waals surface area contributed by atoms with Crippen LogP contribution in [-0.4, -0.2) is 47.7 Å². The van der Waals surface area contributed by atoms with E-state index in [9.17, 15) is 0 Å². The number of hydrogen-bond donors (Lipinski definition) is 1. The molecule has 3 aromatic rings. The lowest BCUT2D eigenvalue weighted by Gasteiger charge is -2.33. The Morgan fingerprint density at radius 2 is 2.12 bits per heavy atom. The first-order valence-corrected chi connectivity index (χ1v) is 8.99. The molecule has 1 fully saturated rings. The van der Waals surface area contributed by atoms with Gasteiger partial charge in [-0.2, -0.15) is 0 Å². The predicted octanol–water partition coefficient (Wildman–Crippen LogP) is 3.08. The molecule has 0 bridgehead atoms. The van der Waals surface area contributed by atoms with Crippen LogP contribution in [0.1, 0.15) is 17.6 Å². The summed E-state index contributed by atoms with van der Waals surface area (Å²) < 4.78 is 12.5. The Labute approximate surface area is 144 Å². The van der Waals surface area contributed by atoms with Crippen molar-refractivity contribution in [2.75, 3.05) is 38.2 Å². The third kappa shape index (κ3) is 3.15. The molecule has 0 aromatic carbocycles. The Hall–Kier alpha value is -1.96. The molecule has 4 rings (SSSR count). The van der Waals surface area contributed by atoms with Gasteiger partial charge < -0.3 is 14.5 Å². The van der Waals surface area contributed by atoms with Crippen molar-refractivity contribution < 1.29 is 9.15 Å². The number of anilines is 1. The molecule has 126 valence electrons. The molecule has 0 aliphatic carbocycles. The quantitative estimate of drug-likeness (QED) is 0.767. The zero-order valence-electron chi connectivity index (χ0n) is 13.6. The molecule has 1 saturated heterocycles. The van der Waals surface area contributed by atoms with Gasteiger partial charge in [-0.15, -0.1) is 11.3 Å². The third-order valence-electron chi connectivity index (χ3n) is 4.28. The minimum absolute atomic E-state index is 0.160. The highest BCUT2D eigenvalue weighted by molar-refractivity contribution is 7.17. The van der Waals surface area contributed by atoms with Gasteiger partial charge in [-0.1, -0.05) is 0 Å². The Kier molecular flexibility index (Phi) is 4.46. The second kappa shape index (κ2) is 6.88. The average molecular weight is 344 g/mol. The number of aryl methyl sites for hydroxylation is 1. The van der Waals surface area contributed by atoms with Crippen molar-refractivity contribution in [3.05, 3.63) is 41.4 Å². The van der Waals surface area contributed by atoms with Crippen LogP contribution >= 0.6 is 11.3 Å². The van der Waals surface area contributed by atoms with Crippen LogP contribution in [0.3, 0.4) is 0 Å². The molecule has 6 nitrogen and oxygen atoms in total. The second-order valence-corrected chi connectivity index (χ2v) is 6.77. The Bertz CT molecular complexity index is 810. The molecule has 24 heavy (non-hydrogen) atoms. The molecule has 1 aliphatic heterocycles. The summed E-state index contributed by atoms with van der Waals surface area (Å²) in [5.74, 6) is 2.81. The van der Waals surface area contributed by atoms with Gasteiger partial charge in [0.15, 0.2) is 0 Å². The van der Waals surface area contributed by atoms with Crippen LogP contribution in [0.25, 0.3) is 10.2 Å². The molecule has 0 radical (unpaired) electrons. The number of thiophene rings is 1. The predicted molar refractivity (Wildman–Crippen MR) is 94.5 cm³/mol. The smallest absolute Gasteiger partial charge is 0.147 e. The lowest BCUT2D eigenvalue weighted by molar-refractivity contribution is 0.0143. The molecule has 4 heterocycles. The number of rotatable bonds is 5. The molecule has 1 aliphatic rings. The first-order chi connectivity index (χ1) is 11.8. The average Bonchev–Trinajstić information content (AvgIpc) is 3.25. The number of aromatic nitrogens is 2. The molecular weight excluding hydrogens is 324 g/mol. The summed E-state index contributed by atoms with van der Waals surface area (Å²) in [4.78, 5) is 11.1. The summed E-state index contributed by atoms with van der Waals surface area (Å²) in [7, 11) is 0. The van der Waals surface area contributed by atoms with E-state index >= 15 is 0 Å². The molecule has 0 unspecified atom stereocenters.